The number of anilines is 2. The molecule has 0 unspecified atom stereocenters. The van der Waals surface area contributed by atoms with E-state index in [0.29, 0.717) is 47.2 Å². The molecule has 5 nitrogen and oxygen atoms in total. The van der Waals surface area contributed by atoms with Crippen LogP contribution in [-0.4, -0.2) is 18.4 Å². The Morgan fingerprint density at radius 1 is 0.917 bits per heavy atom. The van der Waals surface area contributed by atoms with Gasteiger partial charge < -0.3 is 16.0 Å². The van der Waals surface area contributed by atoms with Gasteiger partial charge in [0, 0.05) is 17.8 Å². The van der Waals surface area contributed by atoms with Gasteiger partial charge in [0.1, 0.15) is 0 Å². The molecule has 3 aromatic carbocycles. The molecular weight excluding hydrogens is 446 g/mol. The fourth-order valence-electron chi connectivity index (χ4n) is 6.94. The summed E-state index contributed by atoms with van der Waals surface area (Å²) in [6.45, 7) is 2.62. The van der Waals surface area contributed by atoms with Crippen LogP contribution in [0.25, 0.3) is 0 Å². The number of carbonyl (C=O) groups excluding carboxylic acids is 2. The van der Waals surface area contributed by atoms with E-state index in [-0.39, 0.29) is 11.8 Å². The van der Waals surface area contributed by atoms with Crippen LogP contribution >= 0.6 is 0 Å². The third kappa shape index (κ3) is 3.97. The first-order chi connectivity index (χ1) is 17.6. The van der Waals surface area contributed by atoms with E-state index in [4.69, 9.17) is 0 Å². The van der Waals surface area contributed by atoms with Crippen molar-refractivity contribution in [3.05, 3.63) is 95.1 Å². The zero-order valence-corrected chi connectivity index (χ0v) is 20.7. The lowest BCUT2D eigenvalue weighted by molar-refractivity contribution is 0.0954. The Balaban J connectivity index is 1.29. The van der Waals surface area contributed by atoms with Crippen LogP contribution in [0.5, 0.6) is 0 Å². The molecule has 2 fully saturated rings. The van der Waals surface area contributed by atoms with E-state index in [1.807, 2.05) is 25.1 Å². The second-order valence-electron chi connectivity index (χ2n) is 10.5. The van der Waals surface area contributed by atoms with Crippen LogP contribution in [0.4, 0.5) is 11.4 Å². The Bertz CT molecular complexity index is 1290. The number of hydrogen-bond donors (Lipinski definition) is 3. The van der Waals surface area contributed by atoms with Crippen LogP contribution in [0.3, 0.4) is 0 Å². The zero-order chi connectivity index (χ0) is 24.6. The van der Waals surface area contributed by atoms with Gasteiger partial charge in [0.05, 0.1) is 17.3 Å². The summed E-state index contributed by atoms with van der Waals surface area (Å²) in [5, 5.41) is 9.75. The molecule has 0 saturated heterocycles. The minimum absolute atomic E-state index is 0.167. The summed E-state index contributed by atoms with van der Waals surface area (Å²) >= 11 is 0. The average Bonchev–Trinajstić information content (AvgIpc) is 3.55. The lowest BCUT2D eigenvalue weighted by atomic mass is 9.68. The van der Waals surface area contributed by atoms with E-state index in [1.165, 1.54) is 30.4 Å². The highest BCUT2D eigenvalue weighted by Gasteiger charge is 2.53. The van der Waals surface area contributed by atoms with Crippen molar-refractivity contribution in [3.63, 3.8) is 0 Å². The molecule has 5 heteroatoms. The molecule has 3 aromatic rings. The van der Waals surface area contributed by atoms with Gasteiger partial charge in [0.15, 0.2) is 0 Å². The lowest BCUT2D eigenvalue weighted by Crippen LogP contribution is -2.35. The van der Waals surface area contributed by atoms with Crippen molar-refractivity contribution < 1.29 is 9.59 Å². The maximum Gasteiger partial charge on any atom is 0.255 e. The smallest absolute Gasteiger partial charge is 0.255 e. The fourth-order valence-corrected chi connectivity index (χ4v) is 6.94. The average molecular weight is 480 g/mol. The van der Waals surface area contributed by atoms with E-state index in [2.05, 4.69) is 58.4 Å². The third-order valence-electron chi connectivity index (χ3n) is 8.46. The monoisotopic (exact) mass is 479 g/mol. The Kier molecular flexibility index (Phi) is 6.00. The Morgan fingerprint density at radius 3 is 2.53 bits per heavy atom. The summed E-state index contributed by atoms with van der Waals surface area (Å²) in [4.78, 5) is 26.0. The molecule has 1 heterocycles. The van der Waals surface area contributed by atoms with Crippen molar-refractivity contribution in [1.29, 1.82) is 0 Å². The van der Waals surface area contributed by atoms with Crippen molar-refractivity contribution in [1.82, 2.24) is 5.32 Å². The van der Waals surface area contributed by atoms with Crippen LogP contribution in [0, 0.1) is 17.8 Å². The van der Waals surface area contributed by atoms with Gasteiger partial charge in [-0.15, -0.1) is 0 Å². The number of nitrogens with one attached hydrogen (secondary N) is 3. The molecule has 3 N–H and O–H groups in total. The molecule has 1 aliphatic heterocycles. The molecule has 36 heavy (non-hydrogen) atoms. The van der Waals surface area contributed by atoms with Crippen molar-refractivity contribution in [2.45, 2.75) is 44.6 Å². The topological polar surface area (TPSA) is 70.2 Å². The van der Waals surface area contributed by atoms with Crippen LogP contribution in [0.15, 0.2) is 72.8 Å². The van der Waals surface area contributed by atoms with E-state index in [1.54, 1.807) is 12.1 Å². The van der Waals surface area contributed by atoms with E-state index < -0.39 is 0 Å². The van der Waals surface area contributed by atoms with E-state index >= 15 is 0 Å². The van der Waals surface area contributed by atoms with Gasteiger partial charge in [-0.3, -0.25) is 9.59 Å². The van der Waals surface area contributed by atoms with Gasteiger partial charge in [-0.25, -0.2) is 0 Å². The molecule has 6 rings (SSSR count). The highest BCUT2D eigenvalue weighted by Crippen LogP contribution is 2.63. The highest BCUT2D eigenvalue weighted by molar-refractivity contribution is 6.09. The molecule has 0 aromatic heterocycles. The summed E-state index contributed by atoms with van der Waals surface area (Å²) < 4.78 is 0. The third-order valence-corrected chi connectivity index (χ3v) is 8.46. The molecule has 2 aliphatic carbocycles. The normalized spacial score (nSPS) is 25.4. The molecule has 184 valence electrons. The van der Waals surface area contributed by atoms with E-state index in [9.17, 15) is 9.59 Å². The van der Waals surface area contributed by atoms with Crippen LogP contribution in [0.1, 0.15) is 76.4 Å². The first kappa shape index (κ1) is 22.8. The highest BCUT2D eigenvalue weighted by atomic mass is 16.2. The van der Waals surface area contributed by atoms with Crippen molar-refractivity contribution >= 4 is 23.2 Å². The first-order valence-electron chi connectivity index (χ1n) is 13.3. The number of fused-ring (bicyclic) bond motifs is 7. The number of benzene rings is 3. The van der Waals surface area contributed by atoms with Crippen LogP contribution in [0.2, 0.25) is 0 Å². The molecule has 2 amide bonds. The molecule has 0 spiro atoms. The minimum atomic E-state index is -0.182. The quantitative estimate of drug-likeness (QED) is 0.384. The minimum Gasteiger partial charge on any atom is -0.378 e. The fraction of sp³-hybridized carbons (Fsp3) is 0.355. The summed E-state index contributed by atoms with van der Waals surface area (Å²) in [7, 11) is 0. The molecule has 3 aliphatic rings. The summed E-state index contributed by atoms with van der Waals surface area (Å²) in [5.74, 6) is 2.10. The van der Waals surface area contributed by atoms with Crippen LogP contribution < -0.4 is 16.0 Å². The second kappa shape index (κ2) is 9.45. The van der Waals surface area contributed by atoms with Gasteiger partial charge in [-0.2, -0.15) is 0 Å². The summed E-state index contributed by atoms with van der Waals surface area (Å²) in [5.41, 5.74) is 5.44. The molecule has 5 atom stereocenters. The molecule has 0 radical (unpaired) electrons. The van der Waals surface area contributed by atoms with Gasteiger partial charge in [-0.1, -0.05) is 49.4 Å². The maximum absolute atomic E-state index is 13.4. The van der Waals surface area contributed by atoms with Gasteiger partial charge in [-0.05, 0) is 90.8 Å². The van der Waals surface area contributed by atoms with Gasteiger partial charge >= 0.3 is 0 Å². The number of rotatable bonds is 6. The predicted molar refractivity (Wildman–Crippen MR) is 143 cm³/mol. The van der Waals surface area contributed by atoms with Crippen molar-refractivity contribution in [2.75, 3.05) is 17.2 Å². The molecule has 2 bridgehead atoms. The second-order valence-corrected chi connectivity index (χ2v) is 10.5. The molecular formula is C31H33N3O2. The van der Waals surface area contributed by atoms with Crippen molar-refractivity contribution in [3.8, 4) is 0 Å². The van der Waals surface area contributed by atoms with Crippen LogP contribution in [-0.2, 0) is 0 Å². The number of para-hydroxylation sites is 1. The molecule has 2 saturated carbocycles. The summed E-state index contributed by atoms with van der Waals surface area (Å²) in [6.07, 6.45) is 4.74. The SMILES string of the molecule is CCCNC(=O)c1ccccc1NC(=O)c1ccc2c(c1)[C@@H]1[C@H]3CC[C@@H](C3)[C@H]1[C@H](c1ccccc1)N2. The Morgan fingerprint density at radius 2 is 1.69 bits per heavy atom. The maximum atomic E-state index is 13.4. The Hall–Kier alpha value is -3.60. The van der Waals surface area contributed by atoms with Gasteiger partial charge in [0.25, 0.3) is 11.8 Å². The standard InChI is InChI=1S/C31H33N3O2/c1-2-16-32-31(36)23-10-6-7-11-25(23)34-30(35)22-14-15-26-24(18-22)27-20-12-13-21(17-20)28(27)29(33-26)19-8-4-3-5-9-19/h3-11,14-15,18,20-21,27-29,33H,2,12-13,16-17H2,1H3,(H,32,36)(H,34,35)/t20-,21-,27-,28+,29-/m0/s1. The predicted octanol–water partition coefficient (Wildman–Crippen LogP) is 6.38. The summed E-state index contributed by atoms with van der Waals surface area (Å²) in [6, 6.07) is 24.4. The zero-order valence-electron chi connectivity index (χ0n) is 20.7. The number of hydrogen-bond acceptors (Lipinski definition) is 3. The lowest BCUT2D eigenvalue weighted by Gasteiger charge is -2.43. The first-order valence-corrected chi connectivity index (χ1v) is 13.3. The van der Waals surface area contributed by atoms with Crippen molar-refractivity contribution in [2.24, 2.45) is 17.8 Å². The largest absolute Gasteiger partial charge is 0.378 e. The van der Waals surface area contributed by atoms with E-state index in [0.717, 1.165) is 18.0 Å². The van der Waals surface area contributed by atoms with Gasteiger partial charge in [0.2, 0.25) is 0 Å². The number of carbonyl (C=O) groups is 2. The number of amides is 2. The Labute approximate surface area is 212 Å².